The third-order valence-corrected chi connectivity index (χ3v) is 5.71. The largest absolute Gasteiger partial charge is 0.480 e. The van der Waals surface area contributed by atoms with Crippen molar-refractivity contribution < 1.29 is 24.3 Å². The van der Waals surface area contributed by atoms with Gasteiger partial charge in [0, 0.05) is 29.3 Å². The van der Waals surface area contributed by atoms with Crippen LogP contribution in [0.3, 0.4) is 0 Å². The maximum absolute atomic E-state index is 12.6. The molecule has 0 radical (unpaired) electrons. The minimum Gasteiger partial charge on any atom is -0.480 e. The zero-order chi connectivity index (χ0) is 25.4. The molecule has 0 bridgehead atoms. The lowest BCUT2D eigenvalue weighted by Gasteiger charge is -2.23. The topological polar surface area (TPSA) is 166 Å². The first-order valence-electron chi connectivity index (χ1n) is 11.1. The Morgan fingerprint density at radius 2 is 1.65 bits per heavy atom. The van der Waals surface area contributed by atoms with E-state index < -0.39 is 47.9 Å². The maximum Gasteiger partial charge on any atom is 0.326 e. The molecule has 7 N–H and O–H groups in total. The highest BCUT2D eigenvalue weighted by Gasteiger charge is 2.28. The van der Waals surface area contributed by atoms with Gasteiger partial charge in [-0.25, -0.2) is 4.79 Å². The van der Waals surface area contributed by atoms with Gasteiger partial charge in [-0.2, -0.15) is 12.6 Å². The van der Waals surface area contributed by atoms with Gasteiger partial charge in [0.1, 0.15) is 18.1 Å². The monoisotopic (exact) mass is 491 g/mol. The molecule has 34 heavy (non-hydrogen) atoms. The summed E-state index contributed by atoms with van der Waals surface area (Å²) in [4.78, 5) is 52.3. The number of nitrogens with two attached hydrogens (primary N) is 1. The molecule has 4 unspecified atom stereocenters. The van der Waals surface area contributed by atoms with Gasteiger partial charge in [0.15, 0.2) is 0 Å². The number of carbonyl (C=O) groups is 4. The maximum atomic E-state index is 12.6. The summed E-state index contributed by atoms with van der Waals surface area (Å²) in [5.74, 6) is -2.76. The number of amides is 3. The molecule has 0 fully saturated rings. The molecule has 10 nitrogen and oxygen atoms in total. The van der Waals surface area contributed by atoms with Crippen molar-refractivity contribution in [3.8, 4) is 0 Å². The number of aromatic nitrogens is 1. The zero-order valence-electron chi connectivity index (χ0n) is 19.5. The quantitative estimate of drug-likeness (QED) is 0.214. The van der Waals surface area contributed by atoms with Crippen molar-refractivity contribution in [3.63, 3.8) is 0 Å². The summed E-state index contributed by atoms with van der Waals surface area (Å²) in [6.07, 6.45) is 2.23. The summed E-state index contributed by atoms with van der Waals surface area (Å²) < 4.78 is 0. The molecule has 0 saturated heterocycles. The molecule has 1 aromatic carbocycles. The average molecular weight is 492 g/mol. The van der Waals surface area contributed by atoms with Gasteiger partial charge in [0.05, 0.1) is 6.04 Å². The van der Waals surface area contributed by atoms with E-state index in [0.29, 0.717) is 6.42 Å². The summed E-state index contributed by atoms with van der Waals surface area (Å²) in [5.41, 5.74) is 7.46. The van der Waals surface area contributed by atoms with Crippen molar-refractivity contribution in [1.29, 1.82) is 0 Å². The van der Waals surface area contributed by atoms with E-state index in [9.17, 15) is 24.3 Å². The van der Waals surface area contributed by atoms with Crippen molar-refractivity contribution >= 4 is 47.2 Å². The Labute approximate surface area is 203 Å². The van der Waals surface area contributed by atoms with E-state index in [4.69, 9.17) is 5.73 Å². The van der Waals surface area contributed by atoms with Crippen LogP contribution < -0.4 is 21.7 Å². The summed E-state index contributed by atoms with van der Waals surface area (Å²) in [7, 11) is 0. The van der Waals surface area contributed by atoms with E-state index in [1.165, 1.54) is 6.92 Å². The molecule has 3 amide bonds. The van der Waals surface area contributed by atoms with Crippen LogP contribution in [0.25, 0.3) is 10.9 Å². The lowest BCUT2D eigenvalue weighted by molar-refractivity contribution is -0.142. The standard InChI is InChI=1S/C23H33N5O5S/c1-12(2)8-16(24)21(30)28-19(11-34)22(31)26-13(3)20(29)27-18(23(32)33)9-14-10-25-17-7-5-4-6-15(14)17/h4-7,10,12-13,16,18-19,25,34H,8-9,11,24H2,1-3H3,(H,26,31)(H,27,29)(H,28,30)(H,32,33). The number of rotatable bonds is 12. The van der Waals surface area contributed by atoms with Crippen molar-refractivity contribution in [3.05, 3.63) is 36.0 Å². The number of H-pyrrole nitrogens is 1. The van der Waals surface area contributed by atoms with Gasteiger partial charge in [-0.05, 0) is 30.9 Å². The van der Waals surface area contributed by atoms with Gasteiger partial charge in [0.2, 0.25) is 17.7 Å². The first-order valence-corrected chi connectivity index (χ1v) is 11.7. The lowest BCUT2D eigenvalue weighted by Crippen LogP contribution is -2.57. The number of carboxylic acid groups (broad SMARTS) is 1. The van der Waals surface area contributed by atoms with Crippen molar-refractivity contribution in [2.75, 3.05) is 5.75 Å². The molecule has 2 rings (SSSR count). The predicted octanol–water partition coefficient (Wildman–Crippen LogP) is 0.573. The summed E-state index contributed by atoms with van der Waals surface area (Å²) in [6, 6.07) is 3.45. The second-order valence-electron chi connectivity index (χ2n) is 8.67. The SMILES string of the molecule is CC(C)CC(N)C(=O)NC(CS)C(=O)NC(C)C(=O)NC(Cc1c[nH]c2ccccc12)C(=O)O. The van der Waals surface area contributed by atoms with Crippen LogP contribution in [0.4, 0.5) is 0 Å². The van der Waals surface area contributed by atoms with E-state index in [0.717, 1.165) is 16.5 Å². The van der Waals surface area contributed by atoms with Crippen LogP contribution in [0.1, 0.15) is 32.8 Å². The molecule has 1 aromatic heterocycles. The number of aliphatic carboxylic acids is 1. The average Bonchev–Trinajstić information content (AvgIpc) is 3.18. The number of carbonyl (C=O) groups excluding carboxylic acids is 3. The number of fused-ring (bicyclic) bond motifs is 1. The number of carboxylic acids is 1. The molecule has 186 valence electrons. The van der Waals surface area contributed by atoms with Gasteiger partial charge in [-0.15, -0.1) is 0 Å². The Morgan fingerprint density at radius 1 is 1.00 bits per heavy atom. The Kier molecular flexibility index (Phi) is 9.94. The minimum atomic E-state index is -1.20. The number of nitrogens with one attached hydrogen (secondary N) is 4. The van der Waals surface area contributed by atoms with Gasteiger partial charge in [-0.1, -0.05) is 32.0 Å². The molecule has 2 aromatic rings. The van der Waals surface area contributed by atoms with Crippen molar-refractivity contribution in [2.24, 2.45) is 11.7 Å². The molecule has 4 atom stereocenters. The summed E-state index contributed by atoms with van der Waals surface area (Å²) in [6.45, 7) is 5.29. The normalized spacial score (nSPS) is 14.8. The highest BCUT2D eigenvalue weighted by Crippen LogP contribution is 2.19. The minimum absolute atomic E-state index is 0.00136. The first-order chi connectivity index (χ1) is 16.0. The number of hydrogen-bond donors (Lipinski definition) is 7. The Morgan fingerprint density at radius 3 is 2.26 bits per heavy atom. The molecule has 0 aliphatic rings. The smallest absolute Gasteiger partial charge is 0.326 e. The molecular formula is C23H33N5O5S. The molecule has 1 heterocycles. The Balaban J connectivity index is 1.97. The predicted molar refractivity (Wildman–Crippen MR) is 132 cm³/mol. The van der Waals surface area contributed by atoms with E-state index in [-0.39, 0.29) is 18.1 Å². The highest BCUT2D eigenvalue weighted by molar-refractivity contribution is 7.80. The van der Waals surface area contributed by atoms with Crippen LogP contribution in [0, 0.1) is 5.92 Å². The Bertz CT molecular complexity index is 1020. The van der Waals surface area contributed by atoms with E-state index in [1.807, 2.05) is 38.1 Å². The van der Waals surface area contributed by atoms with Crippen LogP contribution in [0.5, 0.6) is 0 Å². The molecule has 0 spiro atoms. The number of hydrogen-bond acceptors (Lipinski definition) is 6. The van der Waals surface area contributed by atoms with Gasteiger partial charge < -0.3 is 31.8 Å². The fraction of sp³-hybridized carbons (Fsp3) is 0.478. The van der Waals surface area contributed by atoms with Gasteiger partial charge in [-0.3, -0.25) is 14.4 Å². The number of aromatic amines is 1. The van der Waals surface area contributed by atoms with E-state index >= 15 is 0 Å². The van der Waals surface area contributed by atoms with Crippen molar-refractivity contribution in [1.82, 2.24) is 20.9 Å². The van der Waals surface area contributed by atoms with Crippen LogP contribution in [-0.4, -0.2) is 63.7 Å². The van der Waals surface area contributed by atoms with Crippen LogP contribution >= 0.6 is 12.6 Å². The van der Waals surface area contributed by atoms with Gasteiger partial charge >= 0.3 is 5.97 Å². The number of benzene rings is 1. The highest BCUT2D eigenvalue weighted by atomic mass is 32.1. The zero-order valence-corrected chi connectivity index (χ0v) is 20.4. The number of thiol groups is 1. The van der Waals surface area contributed by atoms with Crippen LogP contribution in [-0.2, 0) is 25.6 Å². The third-order valence-electron chi connectivity index (χ3n) is 5.34. The third kappa shape index (κ3) is 7.49. The molecule has 0 saturated carbocycles. The second-order valence-corrected chi connectivity index (χ2v) is 9.04. The molecule has 0 aliphatic heterocycles. The lowest BCUT2D eigenvalue weighted by atomic mass is 10.0. The Hall–Kier alpha value is -3.05. The van der Waals surface area contributed by atoms with Crippen molar-refractivity contribution in [2.45, 2.75) is 57.8 Å². The summed E-state index contributed by atoms with van der Waals surface area (Å²) >= 11 is 4.11. The summed E-state index contributed by atoms with van der Waals surface area (Å²) in [5, 5.41) is 18.0. The molecular weight excluding hydrogens is 458 g/mol. The second kappa shape index (κ2) is 12.4. The fourth-order valence-corrected chi connectivity index (χ4v) is 3.74. The first kappa shape index (κ1) is 27.2. The van der Waals surface area contributed by atoms with Gasteiger partial charge in [0.25, 0.3) is 0 Å². The van der Waals surface area contributed by atoms with Crippen LogP contribution in [0.2, 0.25) is 0 Å². The molecule has 11 heteroatoms. The number of para-hydroxylation sites is 1. The van der Waals surface area contributed by atoms with E-state index in [1.54, 1.807) is 6.20 Å². The van der Waals surface area contributed by atoms with Crippen LogP contribution in [0.15, 0.2) is 30.5 Å². The molecule has 0 aliphatic carbocycles. The fourth-order valence-electron chi connectivity index (χ4n) is 3.48. The van der Waals surface area contributed by atoms with E-state index in [2.05, 4.69) is 33.6 Å².